The van der Waals surface area contributed by atoms with Crippen LogP contribution in [0.25, 0.3) is 11.9 Å². The Morgan fingerprint density at radius 1 is 1.15 bits per heavy atom. The highest BCUT2D eigenvalue weighted by Gasteiger charge is 2.52. The van der Waals surface area contributed by atoms with Crippen molar-refractivity contribution in [1.82, 2.24) is 15.0 Å². The molecule has 0 amide bonds. The fourth-order valence-corrected chi connectivity index (χ4v) is 5.41. The van der Waals surface area contributed by atoms with Crippen molar-refractivity contribution in [3.63, 3.8) is 0 Å². The maximum absolute atomic E-state index is 15.2. The van der Waals surface area contributed by atoms with Gasteiger partial charge in [0, 0.05) is 30.0 Å². The summed E-state index contributed by atoms with van der Waals surface area (Å²) < 4.78 is 43.4. The van der Waals surface area contributed by atoms with Gasteiger partial charge in [0.25, 0.3) is 0 Å². The van der Waals surface area contributed by atoms with Gasteiger partial charge in [-0.2, -0.15) is 0 Å². The highest BCUT2D eigenvalue weighted by molar-refractivity contribution is 8.13. The molecule has 34 heavy (non-hydrogen) atoms. The number of aromatic nitrogens is 3. The Kier molecular flexibility index (Phi) is 5.95. The fraction of sp³-hybridized carbons (Fsp3) is 0.217. The Morgan fingerprint density at radius 3 is 2.68 bits per heavy atom. The van der Waals surface area contributed by atoms with Crippen molar-refractivity contribution in [2.24, 2.45) is 16.6 Å². The summed E-state index contributed by atoms with van der Waals surface area (Å²) >= 11 is 7.22. The van der Waals surface area contributed by atoms with E-state index in [9.17, 15) is 8.78 Å². The number of nitrogens with zero attached hydrogens (tertiary/aromatic N) is 5. The molecule has 4 heterocycles. The molecule has 3 aromatic rings. The lowest BCUT2D eigenvalue weighted by Gasteiger charge is -2.35. The van der Waals surface area contributed by atoms with Crippen molar-refractivity contribution in [2.75, 3.05) is 23.7 Å². The van der Waals surface area contributed by atoms with Gasteiger partial charge < -0.3 is 10.6 Å². The summed E-state index contributed by atoms with van der Waals surface area (Å²) in [7, 11) is 0. The predicted molar refractivity (Wildman–Crippen MR) is 128 cm³/mol. The third-order valence-corrected chi connectivity index (χ3v) is 7.08. The number of thioether (sulfide) groups is 1. The van der Waals surface area contributed by atoms with Gasteiger partial charge in [0.15, 0.2) is 11.0 Å². The number of amidine groups is 1. The van der Waals surface area contributed by atoms with Gasteiger partial charge in [0.1, 0.15) is 17.2 Å². The molecule has 1 aromatic carbocycles. The molecule has 5 rings (SSSR count). The molecule has 0 unspecified atom stereocenters. The molecule has 1 saturated heterocycles. The zero-order chi connectivity index (χ0) is 23.9. The third-order valence-electron chi connectivity index (χ3n) is 5.90. The first-order valence-corrected chi connectivity index (χ1v) is 11.7. The molecule has 11 heteroatoms. The number of nitrogens with two attached hydrogens (primary N) is 1. The largest absolute Gasteiger partial charge is 0.379 e. The summed E-state index contributed by atoms with van der Waals surface area (Å²) in [5.41, 5.74) is 5.92. The first kappa shape index (κ1) is 22.7. The van der Waals surface area contributed by atoms with Gasteiger partial charge in [-0.3, -0.25) is 4.98 Å². The van der Waals surface area contributed by atoms with Crippen molar-refractivity contribution in [3.05, 3.63) is 82.4 Å². The lowest BCUT2D eigenvalue weighted by Crippen LogP contribution is -2.40. The summed E-state index contributed by atoms with van der Waals surface area (Å²) in [6, 6.07) is 7.37. The van der Waals surface area contributed by atoms with Gasteiger partial charge in [-0.25, -0.2) is 28.1 Å². The number of aliphatic imine (C=N–C) groups is 1. The zero-order valence-corrected chi connectivity index (χ0v) is 19.2. The Labute approximate surface area is 202 Å². The third kappa shape index (κ3) is 4.23. The SMILES string of the molecule is NC1=N[C@@]2(c3cc(/C=C(\F)c4ccc(Cl)cn4)ccc3F)CN(c3ncc(F)cn3)C[C@H]2CS1. The molecule has 2 aliphatic heterocycles. The van der Waals surface area contributed by atoms with Crippen molar-refractivity contribution in [1.29, 1.82) is 0 Å². The lowest BCUT2D eigenvalue weighted by atomic mass is 9.81. The van der Waals surface area contributed by atoms with E-state index >= 15 is 4.39 Å². The second-order valence-corrected chi connectivity index (χ2v) is 9.53. The van der Waals surface area contributed by atoms with Crippen LogP contribution >= 0.6 is 23.4 Å². The molecule has 0 spiro atoms. The maximum atomic E-state index is 15.2. The Hall–Kier alpha value is -3.11. The molecular weight excluding hydrogens is 485 g/mol. The lowest BCUT2D eigenvalue weighted by molar-refractivity contribution is 0.370. The topological polar surface area (TPSA) is 80.3 Å². The van der Waals surface area contributed by atoms with Crippen LogP contribution in [0.3, 0.4) is 0 Å². The molecule has 174 valence electrons. The zero-order valence-electron chi connectivity index (χ0n) is 17.6. The van der Waals surface area contributed by atoms with Crippen LogP contribution in [0, 0.1) is 17.6 Å². The first-order valence-electron chi connectivity index (χ1n) is 10.3. The van der Waals surface area contributed by atoms with E-state index in [1.165, 1.54) is 42.2 Å². The fourth-order valence-electron chi connectivity index (χ4n) is 4.32. The van der Waals surface area contributed by atoms with Crippen LogP contribution in [0.15, 0.2) is 53.9 Å². The predicted octanol–water partition coefficient (Wildman–Crippen LogP) is 4.66. The van der Waals surface area contributed by atoms with E-state index in [4.69, 9.17) is 22.3 Å². The minimum atomic E-state index is -1.02. The van der Waals surface area contributed by atoms with Gasteiger partial charge in [-0.1, -0.05) is 29.4 Å². The number of halogens is 4. The van der Waals surface area contributed by atoms with E-state index in [1.54, 1.807) is 12.1 Å². The second-order valence-electron chi connectivity index (χ2n) is 8.06. The summed E-state index contributed by atoms with van der Waals surface area (Å²) in [4.78, 5) is 18.6. The van der Waals surface area contributed by atoms with E-state index in [2.05, 4.69) is 15.0 Å². The number of hydrogen-bond donors (Lipinski definition) is 1. The summed E-state index contributed by atoms with van der Waals surface area (Å²) in [5.74, 6) is -0.790. The van der Waals surface area contributed by atoms with E-state index in [0.29, 0.717) is 39.6 Å². The molecule has 2 N–H and O–H groups in total. The quantitative estimate of drug-likeness (QED) is 0.558. The molecule has 6 nitrogen and oxygen atoms in total. The Balaban J connectivity index is 1.55. The Morgan fingerprint density at radius 2 is 1.94 bits per heavy atom. The summed E-state index contributed by atoms with van der Waals surface area (Å²) in [5, 5.41) is 0.738. The molecular formula is C23H18ClF3N6S. The van der Waals surface area contributed by atoms with Crippen LogP contribution in [0.5, 0.6) is 0 Å². The average Bonchev–Trinajstić information content (AvgIpc) is 3.20. The highest BCUT2D eigenvalue weighted by atomic mass is 35.5. The number of rotatable bonds is 4. The molecule has 2 aromatic heterocycles. The normalized spacial score (nSPS) is 22.5. The van der Waals surface area contributed by atoms with E-state index in [-0.39, 0.29) is 18.2 Å². The van der Waals surface area contributed by atoms with E-state index in [0.717, 1.165) is 12.4 Å². The van der Waals surface area contributed by atoms with Gasteiger partial charge in [0.05, 0.1) is 29.7 Å². The van der Waals surface area contributed by atoms with Crippen LogP contribution < -0.4 is 10.6 Å². The molecule has 0 aliphatic carbocycles. The molecule has 0 bridgehead atoms. The van der Waals surface area contributed by atoms with Gasteiger partial charge in [-0.05, 0) is 35.9 Å². The highest BCUT2D eigenvalue weighted by Crippen LogP contribution is 2.47. The standard InChI is InChI=1S/C23H18ClF3N6S/c24-15-2-4-20(29-7-15)19(27)6-13-1-3-18(26)17(5-13)23-12-33(22-30-8-16(25)9-31-22)10-14(23)11-34-21(28)32-23/h1-9,14H,10-12H2,(H2,28,32)/b19-6-/t14-,23-/m0/s1. The molecule has 2 atom stereocenters. The van der Waals surface area contributed by atoms with Gasteiger partial charge >= 0.3 is 0 Å². The number of anilines is 1. The van der Waals surface area contributed by atoms with Crippen LogP contribution in [0.1, 0.15) is 16.8 Å². The average molecular weight is 503 g/mol. The van der Waals surface area contributed by atoms with Crippen molar-refractivity contribution in [3.8, 4) is 0 Å². The number of fused-ring (bicyclic) bond motifs is 1. The van der Waals surface area contributed by atoms with Crippen LogP contribution in [-0.2, 0) is 5.54 Å². The van der Waals surface area contributed by atoms with E-state index < -0.39 is 23.0 Å². The summed E-state index contributed by atoms with van der Waals surface area (Å²) in [6.45, 7) is 0.730. The van der Waals surface area contributed by atoms with E-state index in [1.807, 2.05) is 4.90 Å². The van der Waals surface area contributed by atoms with Crippen LogP contribution in [0.4, 0.5) is 19.1 Å². The smallest absolute Gasteiger partial charge is 0.225 e. The monoisotopic (exact) mass is 502 g/mol. The molecule has 1 fully saturated rings. The van der Waals surface area contributed by atoms with Gasteiger partial charge in [-0.15, -0.1) is 0 Å². The van der Waals surface area contributed by atoms with Crippen molar-refractivity contribution >= 4 is 46.4 Å². The summed E-state index contributed by atoms with van der Waals surface area (Å²) in [6.07, 6.45) is 4.81. The number of hydrogen-bond acceptors (Lipinski definition) is 7. The molecule has 0 radical (unpaired) electrons. The number of pyridine rings is 1. The van der Waals surface area contributed by atoms with Crippen LogP contribution in [0.2, 0.25) is 5.02 Å². The first-order chi connectivity index (χ1) is 16.3. The van der Waals surface area contributed by atoms with Gasteiger partial charge in [0.2, 0.25) is 5.95 Å². The van der Waals surface area contributed by atoms with Crippen LogP contribution in [-0.4, -0.2) is 39.0 Å². The van der Waals surface area contributed by atoms with Crippen molar-refractivity contribution in [2.45, 2.75) is 5.54 Å². The second kappa shape index (κ2) is 8.92. The molecule has 2 aliphatic rings. The number of benzene rings is 1. The minimum absolute atomic E-state index is 0.114. The maximum Gasteiger partial charge on any atom is 0.225 e. The molecule has 0 saturated carbocycles. The Bertz CT molecular complexity index is 1280. The van der Waals surface area contributed by atoms with Crippen molar-refractivity contribution < 1.29 is 13.2 Å². The minimum Gasteiger partial charge on any atom is -0.379 e.